The van der Waals surface area contributed by atoms with E-state index in [1.165, 1.54) is 21.1 Å². The van der Waals surface area contributed by atoms with E-state index < -0.39 is 35.9 Å². The molecule has 2 rings (SSSR count). The van der Waals surface area contributed by atoms with Crippen LogP contribution in [0.25, 0.3) is 10.8 Å². The molecule has 0 saturated carbocycles. The summed E-state index contributed by atoms with van der Waals surface area (Å²) in [6, 6.07) is 8.26. The maximum Gasteiger partial charge on any atom is 0.328 e. The second-order valence-corrected chi connectivity index (χ2v) is 7.85. The van der Waals surface area contributed by atoms with Crippen LogP contribution in [0, 0.1) is 5.92 Å². The second kappa shape index (κ2) is 10.8. The van der Waals surface area contributed by atoms with Crippen molar-refractivity contribution in [3.63, 3.8) is 0 Å². The van der Waals surface area contributed by atoms with E-state index in [0.29, 0.717) is 17.7 Å². The molecule has 8 heteroatoms. The Morgan fingerprint density at radius 3 is 2.23 bits per heavy atom. The number of carbonyl (C=O) groups is 3. The van der Waals surface area contributed by atoms with Gasteiger partial charge in [-0.25, -0.2) is 4.79 Å². The van der Waals surface area contributed by atoms with E-state index in [9.17, 15) is 14.4 Å². The van der Waals surface area contributed by atoms with Crippen LogP contribution in [0.3, 0.4) is 0 Å². The number of ether oxygens (including phenoxy) is 2. The summed E-state index contributed by atoms with van der Waals surface area (Å²) in [7, 11) is 2.76. The van der Waals surface area contributed by atoms with Crippen molar-refractivity contribution in [2.75, 3.05) is 14.2 Å². The van der Waals surface area contributed by atoms with E-state index in [2.05, 4.69) is 10.6 Å². The number of nitrogens with one attached hydrogen (secondary N) is 2. The molecule has 0 aliphatic carbocycles. The minimum absolute atomic E-state index is 0.133. The molecule has 2 aromatic rings. The normalized spacial score (nSPS) is 13.9. The van der Waals surface area contributed by atoms with Gasteiger partial charge in [0, 0.05) is 5.56 Å². The number of carbonyl (C=O) groups excluding carboxylic acids is 3. The van der Waals surface area contributed by atoms with Crippen molar-refractivity contribution < 1.29 is 23.9 Å². The molecule has 3 atom stereocenters. The first-order valence-corrected chi connectivity index (χ1v) is 10.2. The Hall–Kier alpha value is -3.13. The number of nitrogens with two attached hydrogens (primary N) is 1. The van der Waals surface area contributed by atoms with Crippen LogP contribution in [0.4, 0.5) is 0 Å². The van der Waals surface area contributed by atoms with Crippen molar-refractivity contribution in [1.82, 2.24) is 10.6 Å². The van der Waals surface area contributed by atoms with Crippen molar-refractivity contribution in [3.05, 3.63) is 42.0 Å². The Morgan fingerprint density at radius 2 is 1.65 bits per heavy atom. The first-order valence-electron chi connectivity index (χ1n) is 10.2. The summed E-state index contributed by atoms with van der Waals surface area (Å²) < 4.78 is 10.4. The summed E-state index contributed by atoms with van der Waals surface area (Å²) in [5, 5.41) is 7.05. The third-order valence-electron chi connectivity index (χ3n) is 4.91. The van der Waals surface area contributed by atoms with Crippen LogP contribution in [0.5, 0.6) is 5.75 Å². The lowest BCUT2D eigenvalue weighted by Gasteiger charge is -2.26. The Bertz CT molecular complexity index is 942. The van der Waals surface area contributed by atoms with Crippen molar-refractivity contribution in [2.24, 2.45) is 11.7 Å². The quantitative estimate of drug-likeness (QED) is 0.525. The van der Waals surface area contributed by atoms with Gasteiger partial charge in [0.05, 0.1) is 20.3 Å². The lowest BCUT2D eigenvalue weighted by atomic mass is 9.95. The van der Waals surface area contributed by atoms with Gasteiger partial charge in [0.2, 0.25) is 11.8 Å². The molecule has 4 N–H and O–H groups in total. The molecule has 0 fully saturated rings. The van der Waals surface area contributed by atoms with Crippen molar-refractivity contribution in [3.8, 4) is 5.75 Å². The summed E-state index contributed by atoms with van der Waals surface area (Å²) in [4.78, 5) is 38.1. The molecule has 31 heavy (non-hydrogen) atoms. The Balaban J connectivity index is 2.56. The van der Waals surface area contributed by atoms with Gasteiger partial charge in [0.15, 0.2) is 0 Å². The molecule has 0 aliphatic heterocycles. The topological polar surface area (TPSA) is 120 Å². The van der Waals surface area contributed by atoms with E-state index in [0.717, 1.165) is 10.8 Å². The van der Waals surface area contributed by atoms with E-state index in [4.69, 9.17) is 15.2 Å². The largest absolute Gasteiger partial charge is 0.496 e. The molecule has 0 aliphatic rings. The number of fused-ring (bicyclic) bond motifs is 1. The monoisotopic (exact) mass is 429 g/mol. The van der Waals surface area contributed by atoms with Gasteiger partial charge in [-0.3, -0.25) is 9.59 Å². The highest BCUT2D eigenvalue weighted by Crippen LogP contribution is 2.33. The zero-order valence-electron chi connectivity index (χ0n) is 18.6. The summed E-state index contributed by atoms with van der Waals surface area (Å²) in [5.74, 6) is -1.05. The zero-order valence-corrected chi connectivity index (χ0v) is 18.6. The molecule has 2 amide bonds. The summed E-state index contributed by atoms with van der Waals surface area (Å²) in [6.07, 6.45) is 0.388. The van der Waals surface area contributed by atoms with Gasteiger partial charge in [-0.2, -0.15) is 0 Å². The highest BCUT2D eigenvalue weighted by Gasteiger charge is 2.32. The average Bonchev–Trinajstić information content (AvgIpc) is 2.75. The van der Waals surface area contributed by atoms with Gasteiger partial charge in [-0.15, -0.1) is 0 Å². The Kier molecular flexibility index (Phi) is 8.38. The van der Waals surface area contributed by atoms with Crippen LogP contribution in [0.15, 0.2) is 36.4 Å². The number of benzene rings is 2. The van der Waals surface area contributed by atoms with E-state index in [-0.39, 0.29) is 5.92 Å². The number of hydrogen-bond acceptors (Lipinski definition) is 6. The fourth-order valence-corrected chi connectivity index (χ4v) is 3.38. The van der Waals surface area contributed by atoms with E-state index in [1.54, 1.807) is 6.07 Å². The van der Waals surface area contributed by atoms with Crippen LogP contribution in [0.2, 0.25) is 0 Å². The van der Waals surface area contributed by atoms with Gasteiger partial charge < -0.3 is 25.8 Å². The molecule has 0 heterocycles. The minimum Gasteiger partial charge on any atom is -0.496 e. The van der Waals surface area contributed by atoms with Crippen molar-refractivity contribution in [2.45, 2.75) is 45.3 Å². The molecule has 0 saturated heterocycles. The van der Waals surface area contributed by atoms with Crippen LogP contribution >= 0.6 is 0 Å². The Labute approximate surface area is 182 Å². The van der Waals surface area contributed by atoms with Crippen LogP contribution in [0.1, 0.15) is 38.8 Å². The molecule has 0 radical (unpaired) electrons. The highest BCUT2D eigenvalue weighted by molar-refractivity contribution is 5.98. The molecule has 0 spiro atoms. The maximum atomic E-state index is 13.4. The Morgan fingerprint density at radius 1 is 0.968 bits per heavy atom. The predicted molar refractivity (Wildman–Crippen MR) is 118 cm³/mol. The summed E-state index contributed by atoms with van der Waals surface area (Å²) in [6.45, 7) is 5.40. The second-order valence-electron chi connectivity index (χ2n) is 7.85. The van der Waals surface area contributed by atoms with Gasteiger partial charge in [0.1, 0.15) is 17.8 Å². The van der Waals surface area contributed by atoms with Gasteiger partial charge in [0.25, 0.3) is 0 Å². The number of esters is 1. The van der Waals surface area contributed by atoms with Crippen LogP contribution < -0.4 is 21.1 Å². The molecule has 8 nitrogen and oxygen atoms in total. The van der Waals surface area contributed by atoms with Gasteiger partial charge in [-0.05, 0) is 36.1 Å². The molecule has 0 bridgehead atoms. The number of hydrogen-bond donors (Lipinski definition) is 3. The smallest absolute Gasteiger partial charge is 0.328 e. The molecule has 0 aromatic heterocycles. The average molecular weight is 430 g/mol. The zero-order chi connectivity index (χ0) is 23.1. The number of methoxy groups -OCH3 is 2. The molecular formula is C23H31N3O5. The lowest BCUT2D eigenvalue weighted by molar-refractivity contribution is -0.145. The first-order chi connectivity index (χ1) is 14.7. The van der Waals surface area contributed by atoms with E-state index >= 15 is 0 Å². The fourth-order valence-electron chi connectivity index (χ4n) is 3.38. The summed E-state index contributed by atoms with van der Waals surface area (Å²) in [5.41, 5.74) is 6.22. The molecular weight excluding hydrogens is 398 g/mol. The third kappa shape index (κ3) is 5.95. The van der Waals surface area contributed by atoms with Gasteiger partial charge in [-0.1, -0.05) is 44.2 Å². The summed E-state index contributed by atoms with van der Waals surface area (Å²) >= 11 is 0. The van der Waals surface area contributed by atoms with Gasteiger partial charge >= 0.3 is 5.97 Å². The van der Waals surface area contributed by atoms with E-state index in [1.807, 2.05) is 44.2 Å². The SMILES string of the molecule is COC(=O)[C@H](CC(C)C)NC(=O)C(NC(=O)[C@H](C)N)c1c(OC)ccc2ccccc12. The number of rotatable bonds is 9. The van der Waals surface area contributed by atoms with Crippen molar-refractivity contribution >= 4 is 28.6 Å². The lowest BCUT2D eigenvalue weighted by Crippen LogP contribution is -2.50. The maximum absolute atomic E-state index is 13.4. The fraction of sp³-hybridized carbons (Fsp3) is 0.435. The molecule has 168 valence electrons. The van der Waals surface area contributed by atoms with Crippen molar-refractivity contribution in [1.29, 1.82) is 0 Å². The van der Waals surface area contributed by atoms with Crippen LogP contribution in [-0.4, -0.2) is 44.1 Å². The molecule has 1 unspecified atom stereocenters. The highest BCUT2D eigenvalue weighted by atomic mass is 16.5. The predicted octanol–water partition coefficient (Wildman–Crippen LogP) is 2.06. The first kappa shape index (κ1) is 24.1. The number of amides is 2. The standard InChI is InChI=1S/C23H31N3O5/c1-13(2)12-17(23(29)31-5)25-22(28)20(26-21(27)14(3)24)19-16-9-7-6-8-15(16)10-11-18(19)30-4/h6-11,13-14,17,20H,12,24H2,1-5H3,(H,25,28)(H,26,27)/t14-,17-,20?/m0/s1. The third-order valence-corrected chi connectivity index (χ3v) is 4.91. The van der Waals surface area contributed by atoms with Crippen LogP contribution in [-0.2, 0) is 19.1 Å². The molecule has 2 aromatic carbocycles. The minimum atomic E-state index is -1.13.